The quantitative estimate of drug-likeness (QED) is 0.474. The molecule has 0 radical (unpaired) electrons. The summed E-state index contributed by atoms with van der Waals surface area (Å²) in [5.41, 5.74) is 0.444. The van der Waals surface area contributed by atoms with E-state index in [2.05, 4.69) is 6.58 Å². The first-order chi connectivity index (χ1) is 6.93. The molecule has 0 aromatic heterocycles. The minimum atomic E-state index is -1.75. The summed E-state index contributed by atoms with van der Waals surface area (Å²) in [7, 11) is 0. The van der Waals surface area contributed by atoms with Crippen molar-refractivity contribution < 1.29 is 9.53 Å². The fourth-order valence-electron chi connectivity index (χ4n) is 0.863. The lowest BCUT2D eigenvalue weighted by Gasteiger charge is -2.19. The average Bonchev–Trinajstić information content (AvgIpc) is 2.18. The molecule has 0 aliphatic rings. The highest BCUT2D eigenvalue weighted by Crippen LogP contribution is 2.35. The third-order valence-corrected chi connectivity index (χ3v) is 2.30. The van der Waals surface area contributed by atoms with E-state index in [1.165, 1.54) is 0 Å². The Morgan fingerprint density at radius 1 is 1.27 bits per heavy atom. The molecule has 2 nitrogen and oxygen atoms in total. The average molecular weight is 266 g/mol. The van der Waals surface area contributed by atoms with Gasteiger partial charge in [-0.2, -0.15) is 0 Å². The van der Waals surface area contributed by atoms with Crippen molar-refractivity contribution in [1.82, 2.24) is 0 Å². The summed E-state index contributed by atoms with van der Waals surface area (Å²) in [4.78, 5) is 11.1. The molecule has 0 saturated heterocycles. The van der Waals surface area contributed by atoms with Gasteiger partial charge in [0.15, 0.2) is 0 Å². The zero-order valence-electron chi connectivity index (χ0n) is 7.54. The zero-order valence-corrected chi connectivity index (χ0v) is 9.81. The monoisotopic (exact) mass is 264 g/mol. The molecule has 0 amide bonds. The Kier molecular flexibility index (Phi) is 4.03. The normalized spacial score (nSPS) is 10.9. The Morgan fingerprint density at radius 2 is 1.80 bits per heavy atom. The van der Waals surface area contributed by atoms with E-state index < -0.39 is 10.5 Å². The van der Waals surface area contributed by atoms with Crippen LogP contribution in [0, 0.1) is 0 Å². The Labute approximate surface area is 102 Å². The number of halogens is 3. The number of hydrogen-bond acceptors (Lipinski definition) is 2. The molecule has 15 heavy (non-hydrogen) atoms. The van der Waals surface area contributed by atoms with Crippen molar-refractivity contribution in [2.24, 2.45) is 0 Å². The molecule has 0 spiro atoms. The van der Waals surface area contributed by atoms with Crippen molar-refractivity contribution in [2.45, 2.75) is 4.52 Å². The van der Waals surface area contributed by atoms with Gasteiger partial charge in [-0.3, -0.25) is 0 Å². The van der Waals surface area contributed by atoms with Crippen LogP contribution < -0.4 is 0 Å². The molecule has 0 fully saturated rings. The van der Waals surface area contributed by atoms with Gasteiger partial charge in [0.1, 0.15) is 5.03 Å². The van der Waals surface area contributed by atoms with E-state index in [-0.39, 0.29) is 5.03 Å². The Balaban J connectivity index is 2.85. The van der Waals surface area contributed by atoms with Crippen LogP contribution in [0.4, 0.5) is 0 Å². The molecule has 1 aromatic rings. The van der Waals surface area contributed by atoms with E-state index in [1.807, 2.05) is 0 Å². The Hall–Kier alpha value is -0.700. The van der Waals surface area contributed by atoms with Gasteiger partial charge in [-0.1, -0.05) is 71.7 Å². The van der Waals surface area contributed by atoms with Gasteiger partial charge in [0.2, 0.25) is 0 Å². The fourth-order valence-corrected chi connectivity index (χ4v) is 1.29. The Bertz CT molecular complexity index is 374. The summed E-state index contributed by atoms with van der Waals surface area (Å²) < 4.78 is 2.99. The molecule has 5 heteroatoms. The van der Waals surface area contributed by atoms with Crippen LogP contribution in [0.1, 0.15) is 5.56 Å². The maximum absolute atomic E-state index is 11.1. The summed E-state index contributed by atoms with van der Waals surface area (Å²) in [5.74, 6) is -0.856. The second kappa shape index (κ2) is 4.88. The highest BCUT2D eigenvalue weighted by molar-refractivity contribution is 6.48. The third kappa shape index (κ3) is 3.42. The highest BCUT2D eigenvalue weighted by atomic mass is 35.5. The largest absolute Gasteiger partial charge is 0.420 e. The first-order valence-electron chi connectivity index (χ1n) is 3.94. The summed E-state index contributed by atoms with van der Waals surface area (Å²) >= 11 is 17.0. The van der Waals surface area contributed by atoms with Gasteiger partial charge < -0.3 is 4.74 Å². The van der Waals surface area contributed by atoms with Crippen molar-refractivity contribution in [3.63, 3.8) is 0 Å². The SMILES string of the molecule is C=C(Cl)C(=O)OC(Cl)(Cl)c1ccccc1. The van der Waals surface area contributed by atoms with Crippen molar-refractivity contribution in [3.8, 4) is 0 Å². The van der Waals surface area contributed by atoms with Crippen LogP contribution in [0.5, 0.6) is 0 Å². The van der Waals surface area contributed by atoms with Gasteiger partial charge in [0.25, 0.3) is 4.52 Å². The maximum Gasteiger partial charge on any atom is 0.352 e. The third-order valence-electron chi connectivity index (χ3n) is 1.55. The van der Waals surface area contributed by atoms with Gasteiger partial charge in [0.05, 0.1) is 0 Å². The van der Waals surface area contributed by atoms with E-state index in [0.29, 0.717) is 5.56 Å². The van der Waals surface area contributed by atoms with Gasteiger partial charge in [-0.15, -0.1) is 0 Å². The van der Waals surface area contributed by atoms with Gasteiger partial charge in [0, 0.05) is 5.56 Å². The summed E-state index contributed by atoms with van der Waals surface area (Å²) in [5, 5.41) is -0.281. The van der Waals surface area contributed by atoms with Crippen LogP contribution in [0.3, 0.4) is 0 Å². The first-order valence-corrected chi connectivity index (χ1v) is 5.08. The van der Waals surface area contributed by atoms with E-state index in [4.69, 9.17) is 39.5 Å². The Morgan fingerprint density at radius 3 is 2.27 bits per heavy atom. The molecule has 0 N–H and O–H groups in total. The second-order valence-electron chi connectivity index (χ2n) is 2.68. The van der Waals surface area contributed by atoms with Gasteiger partial charge >= 0.3 is 5.97 Å². The number of hydrogen-bond donors (Lipinski definition) is 0. The number of carbonyl (C=O) groups excluding carboxylic acids is 1. The molecular formula is C10H7Cl3O2. The van der Waals surface area contributed by atoms with Gasteiger partial charge in [-0.25, -0.2) is 4.79 Å². The number of esters is 1. The smallest absolute Gasteiger partial charge is 0.352 e. The second-order valence-corrected chi connectivity index (χ2v) is 4.39. The standard InChI is InChI=1S/C10H7Cl3O2/c1-7(11)9(14)15-10(12,13)8-5-3-2-4-6-8/h2-6H,1H2. The van der Waals surface area contributed by atoms with E-state index in [9.17, 15) is 4.79 Å². The van der Waals surface area contributed by atoms with Crippen molar-refractivity contribution >= 4 is 40.8 Å². The van der Waals surface area contributed by atoms with E-state index >= 15 is 0 Å². The van der Waals surface area contributed by atoms with Gasteiger partial charge in [-0.05, 0) is 0 Å². The summed E-state index contributed by atoms with van der Waals surface area (Å²) in [6.07, 6.45) is 0. The molecule has 0 aliphatic heterocycles. The molecule has 0 aliphatic carbocycles. The number of alkyl halides is 2. The van der Waals surface area contributed by atoms with Crippen LogP contribution in [-0.2, 0) is 14.1 Å². The lowest BCUT2D eigenvalue weighted by atomic mass is 10.2. The molecule has 0 saturated carbocycles. The lowest BCUT2D eigenvalue weighted by molar-refractivity contribution is -0.142. The van der Waals surface area contributed by atoms with Crippen molar-refractivity contribution in [2.75, 3.05) is 0 Å². The predicted octanol–water partition coefficient (Wildman–Crippen LogP) is 3.57. The van der Waals surface area contributed by atoms with Crippen LogP contribution in [-0.4, -0.2) is 5.97 Å². The van der Waals surface area contributed by atoms with Crippen molar-refractivity contribution in [1.29, 1.82) is 0 Å². The number of carbonyl (C=O) groups is 1. The van der Waals surface area contributed by atoms with Crippen molar-refractivity contribution in [3.05, 3.63) is 47.5 Å². The first kappa shape index (κ1) is 12.4. The molecule has 80 valence electrons. The van der Waals surface area contributed by atoms with Crippen LogP contribution >= 0.6 is 34.8 Å². The molecule has 1 rings (SSSR count). The number of benzene rings is 1. The summed E-state index contributed by atoms with van der Waals surface area (Å²) in [6, 6.07) is 8.49. The van der Waals surface area contributed by atoms with E-state index in [1.54, 1.807) is 30.3 Å². The highest BCUT2D eigenvalue weighted by Gasteiger charge is 2.31. The summed E-state index contributed by atoms with van der Waals surface area (Å²) in [6.45, 7) is 3.21. The van der Waals surface area contributed by atoms with Crippen LogP contribution in [0.25, 0.3) is 0 Å². The molecule has 0 atom stereocenters. The maximum atomic E-state index is 11.1. The van der Waals surface area contributed by atoms with E-state index in [0.717, 1.165) is 0 Å². The zero-order chi connectivity index (χ0) is 11.5. The molecule has 0 unspecified atom stereocenters. The minimum Gasteiger partial charge on any atom is -0.420 e. The number of ether oxygens (including phenoxy) is 1. The molecular weight excluding hydrogens is 258 g/mol. The molecule has 0 bridgehead atoms. The topological polar surface area (TPSA) is 26.3 Å². The lowest BCUT2D eigenvalue weighted by Crippen LogP contribution is -2.20. The number of rotatable bonds is 3. The predicted molar refractivity (Wildman–Crippen MR) is 60.9 cm³/mol. The fraction of sp³-hybridized carbons (Fsp3) is 0.100. The minimum absolute atomic E-state index is 0.281. The van der Waals surface area contributed by atoms with Crippen LogP contribution in [0.2, 0.25) is 0 Å². The molecule has 0 heterocycles. The molecule has 1 aromatic carbocycles. The van der Waals surface area contributed by atoms with Crippen LogP contribution in [0.15, 0.2) is 41.9 Å².